The lowest BCUT2D eigenvalue weighted by Crippen LogP contribution is -2.29. The number of nitrogens with two attached hydrogens (primary N) is 1. The Kier molecular flexibility index (Phi) is 6.15. The lowest BCUT2D eigenvalue weighted by atomic mass is 10.1. The molecule has 132 valence electrons. The molecule has 2 rings (SSSR count). The van der Waals surface area contributed by atoms with Crippen LogP contribution in [-0.4, -0.2) is 29.1 Å². The summed E-state index contributed by atoms with van der Waals surface area (Å²) in [5.41, 5.74) is 7.25. The van der Waals surface area contributed by atoms with E-state index < -0.39 is 12.6 Å². The first-order valence-corrected chi connectivity index (χ1v) is 7.64. The summed E-state index contributed by atoms with van der Waals surface area (Å²) in [4.78, 5) is 16.1. The third kappa shape index (κ3) is 4.82. The molecule has 1 aromatic carbocycles. The number of pyridine rings is 1. The first-order valence-electron chi connectivity index (χ1n) is 7.27. The Labute approximate surface area is 149 Å². The van der Waals surface area contributed by atoms with Gasteiger partial charge in [0.25, 0.3) is 0 Å². The number of halogens is 1. The van der Waals surface area contributed by atoms with E-state index in [9.17, 15) is 9.90 Å². The average Bonchev–Trinajstić information content (AvgIpc) is 2.60. The van der Waals surface area contributed by atoms with Crippen molar-refractivity contribution in [2.45, 2.75) is 13.2 Å². The van der Waals surface area contributed by atoms with E-state index in [0.29, 0.717) is 11.6 Å². The molecule has 1 heterocycles. The van der Waals surface area contributed by atoms with Gasteiger partial charge in [-0.1, -0.05) is 23.7 Å². The number of hydrogen-bond donors (Lipinski definition) is 5. The van der Waals surface area contributed by atoms with Crippen LogP contribution in [0.25, 0.3) is 0 Å². The number of amides is 2. The number of urea groups is 1. The van der Waals surface area contributed by atoms with E-state index in [1.165, 1.54) is 13.2 Å². The molecule has 6 N–H and O–H groups in total. The van der Waals surface area contributed by atoms with Gasteiger partial charge in [0, 0.05) is 23.3 Å². The van der Waals surface area contributed by atoms with Crippen molar-refractivity contribution in [1.82, 2.24) is 10.3 Å². The smallest absolute Gasteiger partial charge is 0.320 e. The highest BCUT2D eigenvalue weighted by molar-refractivity contribution is 6.30. The first kappa shape index (κ1) is 18.5. The minimum absolute atomic E-state index is 0.139. The van der Waals surface area contributed by atoms with Crippen molar-refractivity contribution in [3.63, 3.8) is 0 Å². The van der Waals surface area contributed by atoms with Gasteiger partial charge in [0.15, 0.2) is 0 Å². The number of anilines is 2. The van der Waals surface area contributed by atoms with Gasteiger partial charge in [-0.15, -0.1) is 0 Å². The topological polar surface area (TPSA) is 133 Å². The van der Waals surface area contributed by atoms with Gasteiger partial charge in [0.2, 0.25) is 5.90 Å². The van der Waals surface area contributed by atoms with E-state index in [1.807, 2.05) is 0 Å². The van der Waals surface area contributed by atoms with Crippen LogP contribution in [-0.2, 0) is 17.9 Å². The molecule has 0 aliphatic carbocycles. The van der Waals surface area contributed by atoms with Crippen molar-refractivity contribution >= 4 is 35.0 Å². The molecule has 0 saturated heterocycles. The maximum atomic E-state index is 12.0. The summed E-state index contributed by atoms with van der Waals surface area (Å²) in [7, 11) is 1.32. The molecule has 1 aromatic heterocycles. The van der Waals surface area contributed by atoms with Crippen molar-refractivity contribution < 1.29 is 14.6 Å². The van der Waals surface area contributed by atoms with Crippen LogP contribution in [0.1, 0.15) is 16.8 Å². The number of benzene rings is 1. The van der Waals surface area contributed by atoms with Gasteiger partial charge in [-0.25, -0.2) is 9.78 Å². The number of carbonyl (C=O) groups is 1. The van der Waals surface area contributed by atoms with Crippen LogP contribution >= 0.6 is 11.6 Å². The Morgan fingerprint density at radius 1 is 1.40 bits per heavy atom. The Bertz CT molecular complexity index is 780. The number of aromatic nitrogens is 1. The number of ether oxygens (including phenoxy) is 1. The standard InChI is InChI=1S/C16H18ClN5O3/c1-25-15(19)14-11(18)6-13(21-12(14)8-23)22-16(24)20-7-9-2-4-10(17)5-3-9/h2-6,19,23H,7-8H2,1H3,(H4,18,20,21,22,24). The predicted molar refractivity (Wildman–Crippen MR) is 95.7 cm³/mol. The van der Waals surface area contributed by atoms with E-state index >= 15 is 0 Å². The zero-order valence-electron chi connectivity index (χ0n) is 13.5. The lowest BCUT2D eigenvalue weighted by Gasteiger charge is -2.13. The zero-order valence-corrected chi connectivity index (χ0v) is 14.2. The Balaban J connectivity index is 2.06. The van der Waals surface area contributed by atoms with Crippen molar-refractivity contribution in [2.75, 3.05) is 18.2 Å². The van der Waals surface area contributed by atoms with Crippen LogP contribution in [0.15, 0.2) is 30.3 Å². The largest absolute Gasteiger partial charge is 0.481 e. The first-order chi connectivity index (χ1) is 11.9. The molecule has 9 heteroatoms. The molecular weight excluding hydrogens is 346 g/mol. The zero-order chi connectivity index (χ0) is 18.4. The van der Waals surface area contributed by atoms with Gasteiger partial charge in [0.1, 0.15) is 5.82 Å². The number of nitrogens with zero attached hydrogens (tertiary/aromatic N) is 1. The summed E-state index contributed by atoms with van der Waals surface area (Å²) < 4.78 is 4.82. The van der Waals surface area contributed by atoms with E-state index in [1.54, 1.807) is 24.3 Å². The predicted octanol–water partition coefficient (Wildman–Crippen LogP) is 2.10. The normalized spacial score (nSPS) is 10.2. The van der Waals surface area contributed by atoms with Gasteiger partial charge in [-0.3, -0.25) is 10.7 Å². The summed E-state index contributed by atoms with van der Waals surface area (Å²) in [5, 5.41) is 22.9. The minimum atomic E-state index is -0.486. The lowest BCUT2D eigenvalue weighted by molar-refractivity contribution is 0.251. The molecule has 2 aromatic rings. The minimum Gasteiger partial charge on any atom is -0.481 e. The molecule has 0 saturated carbocycles. The quantitative estimate of drug-likeness (QED) is 0.409. The van der Waals surface area contributed by atoms with Crippen LogP contribution in [0, 0.1) is 5.41 Å². The second-order valence-corrected chi connectivity index (χ2v) is 5.48. The molecule has 0 atom stereocenters. The van der Waals surface area contributed by atoms with E-state index in [-0.39, 0.29) is 28.7 Å². The Morgan fingerprint density at radius 3 is 2.68 bits per heavy atom. The second-order valence-electron chi connectivity index (χ2n) is 5.04. The summed E-state index contributed by atoms with van der Waals surface area (Å²) in [6, 6.07) is 7.97. The second kappa shape index (κ2) is 8.32. The molecule has 2 amide bonds. The number of nitrogens with one attached hydrogen (secondary N) is 3. The van der Waals surface area contributed by atoms with Crippen molar-refractivity contribution in [1.29, 1.82) is 5.41 Å². The average molecular weight is 364 g/mol. The molecular formula is C16H18ClN5O3. The number of hydrogen-bond acceptors (Lipinski definition) is 6. The van der Waals surface area contributed by atoms with E-state index in [2.05, 4.69) is 15.6 Å². The van der Waals surface area contributed by atoms with Crippen LogP contribution in [0.4, 0.5) is 16.3 Å². The number of aliphatic hydroxyl groups is 1. The third-order valence-electron chi connectivity index (χ3n) is 3.31. The highest BCUT2D eigenvalue weighted by atomic mass is 35.5. The molecule has 0 aliphatic heterocycles. The SMILES string of the molecule is COC(=N)c1c(N)cc(NC(=O)NCc2ccc(Cl)cc2)nc1CO. The number of nitrogen functional groups attached to an aromatic ring is 1. The van der Waals surface area contributed by atoms with E-state index in [0.717, 1.165) is 5.56 Å². The molecule has 0 bridgehead atoms. The maximum Gasteiger partial charge on any atom is 0.320 e. The number of methoxy groups -OCH3 is 1. The molecule has 25 heavy (non-hydrogen) atoms. The summed E-state index contributed by atoms with van der Waals surface area (Å²) in [6.45, 7) is -0.148. The third-order valence-corrected chi connectivity index (χ3v) is 3.57. The van der Waals surface area contributed by atoms with Gasteiger partial charge in [-0.2, -0.15) is 0 Å². The number of carbonyl (C=O) groups excluding carboxylic acids is 1. The number of rotatable bonds is 5. The molecule has 0 spiro atoms. The van der Waals surface area contributed by atoms with E-state index in [4.69, 9.17) is 27.5 Å². The van der Waals surface area contributed by atoms with Crippen LogP contribution in [0.2, 0.25) is 5.02 Å². The molecule has 0 aliphatic rings. The highest BCUT2D eigenvalue weighted by Crippen LogP contribution is 2.21. The monoisotopic (exact) mass is 363 g/mol. The van der Waals surface area contributed by atoms with Gasteiger partial charge >= 0.3 is 6.03 Å². The van der Waals surface area contributed by atoms with Gasteiger partial charge in [0.05, 0.1) is 25.0 Å². The molecule has 0 radical (unpaired) electrons. The fourth-order valence-corrected chi connectivity index (χ4v) is 2.23. The Morgan fingerprint density at radius 2 is 2.08 bits per heavy atom. The maximum absolute atomic E-state index is 12.0. The summed E-state index contributed by atoms with van der Waals surface area (Å²) >= 11 is 5.81. The van der Waals surface area contributed by atoms with Crippen LogP contribution in [0.3, 0.4) is 0 Å². The van der Waals surface area contributed by atoms with Crippen LogP contribution in [0.5, 0.6) is 0 Å². The van der Waals surface area contributed by atoms with Crippen molar-refractivity contribution in [3.05, 3.63) is 52.2 Å². The van der Waals surface area contributed by atoms with Crippen LogP contribution < -0.4 is 16.4 Å². The fourth-order valence-electron chi connectivity index (χ4n) is 2.11. The fraction of sp³-hybridized carbons (Fsp3) is 0.188. The van der Waals surface area contributed by atoms with Crippen molar-refractivity contribution in [2.24, 2.45) is 0 Å². The summed E-state index contributed by atoms with van der Waals surface area (Å²) in [6.07, 6.45) is 0. The summed E-state index contributed by atoms with van der Waals surface area (Å²) in [5.74, 6) is -0.0596. The molecule has 0 fully saturated rings. The number of aliphatic hydroxyl groups excluding tert-OH is 1. The van der Waals surface area contributed by atoms with Crippen molar-refractivity contribution in [3.8, 4) is 0 Å². The van der Waals surface area contributed by atoms with Gasteiger partial charge in [-0.05, 0) is 17.7 Å². The highest BCUT2D eigenvalue weighted by Gasteiger charge is 2.16. The molecule has 0 unspecified atom stereocenters. The Hall–Kier alpha value is -2.84. The van der Waals surface area contributed by atoms with Gasteiger partial charge < -0.3 is 20.9 Å². The molecule has 8 nitrogen and oxygen atoms in total.